The largest absolute Gasteiger partial charge is 0.310 e. The molecule has 0 radical (unpaired) electrons. The second-order valence-electron chi connectivity index (χ2n) is 3.34. The Hall–Kier alpha value is -1.33. The van der Waals surface area contributed by atoms with Crippen LogP contribution in [-0.2, 0) is 6.54 Å². The molecular weight excluding hydrogens is 160 g/mol. The second-order valence-corrected chi connectivity index (χ2v) is 3.34. The van der Waals surface area contributed by atoms with Crippen LogP contribution < -0.4 is 5.32 Å². The van der Waals surface area contributed by atoms with E-state index >= 15 is 0 Å². The Labute approximate surface area is 79.2 Å². The lowest BCUT2D eigenvalue weighted by atomic mass is 10.1. The summed E-state index contributed by atoms with van der Waals surface area (Å²) in [6, 6.07) is 10.2. The molecule has 0 atom stereocenters. The SMILES string of the molecule is CC(C)NCc1ccc(C#N)cc1. The van der Waals surface area contributed by atoms with Gasteiger partial charge in [0, 0.05) is 12.6 Å². The van der Waals surface area contributed by atoms with Gasteiger partial charge < -0.3 is 5.32 Å². The lowest BCUT2D eigenvalue weighted by molar-refractivity contribution is 0.589. The summed E-state index contributed by atoms with van der Waals surface area (Å²) in [5.74, 6) is 0. The molecule has 0 spiro atoms. The molecule has 0 aliphatic heterocycles. The van der Waals surface area contributed by atoms with E-state index in [4.69, 9.17) is 5.26 Å². The zero-order valence-electron chi connectivity index (χ0n) is 8.04. The van der Waals surface area contributed by atoms with E-state index in [1.807, 2.05) is 24.3 Å². The summed E-state index contributed by atoms with van der Waals surface area (Å²) in [6.45, 7) is 5.09. The van der Waals surface area contributed by atoms with E-state index in [1.54, 1.807) is 0 Å². The molecule has 1 aromatic rings. The summed E-state index contributed by atoms with van der Waals surface area (Å²) >= 11 is 0. The molecule has 2 nitrogen and oxygen atoms in total. The molecular formula is C11H14N2. The third-order valence-corrected chi connectivity index (χ3v) is 1.80. The first kappa shape index (κ1) is 9.76. The van der Waals surface area contributed by atoms with Gasteiger partial charge in [-0.2, -0.15) is 5.26 Å². The first-order chi connectivity index (χ1) is 6.22. The van der Waals surface area contributed by atoms with E-state index in [9.17, 15) is 0 Å². The van der Waals surface area contributed by atoms with Gasteiger partial charge in [-0.25, -0.2) is 0 Å². The first-order valence-corrected chi connectivity index (χ1v) is 4.45. The molecule has 0 unspecified atom stereocenters. The second kappa shape index (κ2) is 4.64. The third-order valence-electron chi connectivity index (χ3n) is 1.80. The maximum absolute atomic E-state index is 8.58. The van der Waals surface area contributed by atoms with Gasteiger partial charge >= 0.3 is 0 Å². The van der Waals surface area contributed by atoms with Crippen LogP contribution in [0.2, 0.25) is 0 Å². The van der Waals surface area contributed by atoms with Crippen molar-refractivity contribution < 1.29 is 0 Å². The number of hydrogen-bond acceptors (Lipinski definition) is 2. The van der Waals surface area contributed by atoms with Crippen LogP contribution in [0.4, 0.5) is 0 Å². The number of rotatable bonds is 3. The fourth-order valence-corrected chi connectivity index (χ4v) is 1.02. The number of hydrogen-bond donors (Lipinski definition) is 1. The van der Waals surface area contributed by atoms with Gasteiger partial charge in [0.25, 0.3) is 0 Å². The minimum atomic E-state index is 0.496. The number of benzene rings is 1. The van der Waals surface area contributed by atoms with Crippen molar-refractivity contribution in [1.29, 1.82) is 5.26 Å². The van der Waals surface area contributed by atoms with Crippen molar-refractivity contribution >= 4 is 0 Å². The lowest BCUT2D eigenvalue weighted by Crippen LogP contribution is -2.21. The number of nitrogens with one attached hydrogen (secondary N) is 1. The van der Waals surface area contributed by atoms with Crippen molar-refractivity contribution in [3.8, 4) is 6.07 Å². The Balaban J connectivity index is 2.55. The van der Waals surface area contributed by atoms with E-state index in [0.29, 0.717) is 11.6 Å². The summed E-state index contributed by atoms with van der Waals surface area (Å²) < 4.78 is 0. The van der Waals surface area contributed by atoms with Crippen LogP contribution >= 0.6 is 0 Å². The smallest absolute Gasteiger partial charge is 0.0991 e. The van der Waals surface area contributed by atoms with E-state index in [2.05, 4.69) is 25.2 Å². The van der Waals surface area contributed by atoms with Gasteiger partial charge in [-0.3, -0.25) is 0 Å². The Morgan fingerprint density at radius 2 is 1.92 bits per heavy atom. The van der Waals surface area contributed by atoms with Gasteiger partial charge in [-0.15, -0.1) is 0 Å². The summed E-state index contributed by atoms with van der Waals surface area (Å²) in [5.41, 5.74) is 1.93. The van der Waals surface area contributed by atoms with Gasteiger partial charge in [0.15, 0.2) is 0 Å². The van der Waals surface area contributed by atoms with Gasteiger partial charge in [-0.05, 0) is 17.7 Å². The molecule has 0 heterocycles. The number of nitrogens with zero attached hydrogens (tertiary/aromatic N) is 1. The maximum atomic E-state index is 8.58. The molecule has 13 heavy (non-hydrogen) atoms. The summed E-state index contributed by atoms with van der Waals surface area (Å²) in [5, 5.41) is 11.9. The molecule has 0 aliphatic carbocycles. The molecule has 0 saturated heterocycles. The van der Waals surface area contributed by atoms with Crippen LogP contribution in [0.1, 0.15) is 25.0 Å². The highest BCUT2D eigenvalue weighted by Crippen LogP contribution is 2.02. The number of nitriles is 1. The zero-order chi connectivity index (χ0) is 9.68. The molecule has 1 aromatic carbocycles. The Morgan fingerprint density at radius 1 is 1.31 bits per heavy atom. The Morgan fingerprint density at radius 3 is 2.38 bits per heavy atom. The van der Waals surface area contributed by atoms with Crippen molar-refractivity contribution in [2.45, 2.75) is 26.4 Å². The van der Waals surface area contributed by atoms with E-state index in [0.717, 1.165) is 6.54 Å². The molecule has 0 fully saturated rings. The molecule has 1 N–H and O–H groups in total. The van der Waals surface area contributed by atoms with Crippen LogP contribution in [0.25, 0.3) is 0 Å². The van der Waals surface area contributed by atoms with Crippen LogP contribution in [0, 0.1) is 11.3 Å². The van der Waals surface area contributed by atoms with Gasteiger partial charge in [-0.1, -0.05) is 26.0 Å². The molecule has 0 aromatic heterocycles. The molecule has 1 rings (SSSR count). The average Bonchev–Trinajstić information content (AvgIpc) is 2.15. The summed E-state index contributed by atoms with van der Waals surface area (Å²) in [6.07, 6.45) is 0. The highest BCUT2D eigenvalue weighted by Gasteiger charge is 1.95. The summed E-state index contributed by atoms with van der Waals surface area (Å²) in [4.78, 5) is 0. The van der Waals surface area contributed by atoms with E-state index < -0.39 is 0 Å². The highest BCUT2D eigenvalue weighted by atomic mass is 14.9. The topological polar surface area (TPSA) is 35.8 Å². The minimum Gasteiger partial charge on any atom is -0.310 e. The predicted molar refractivity (Wildman–Crippen MR) is 53.1 cm³/mol. The van der Waals surface area contributed by atoms with E-state index in [1.165, 1.54) is 5.56 Å². The highest BCUT2D eigenvalue weighted by molar-refractivity contribution is 5.31. The minimum absolute atomic E-state index is 0.496. The third kappa shape index (κ3) is 3.27. The predicted octanol–water partition coefficient (Wildman–Crippen LogP) is 2.06. The molecule has 0 amide bonds. The zero-order valence-corrected chi connectivity index (χ0v) is 8.04. The maximum Gasteiger partial charge on any atom is 0.0991 e. The fraction of sp³-hybridized carbons (Fsp3) is 0.364. The van der Waals surface area contributed by atoms with Crippen molar-refractivity contribution in [3.05, 3.63) is 35.4 Å². The van der Waals surface area contributed by atoms with Gasteiger partial charge in [0.2, 0.25) is 0 Å². The lowest BCUT2D eigenvalue weighted by Gasteiger charge is -2.07. The quantitative estimate of drug-likeness (QED) is 0.761. The van der Waals surface area contributed by atoms with Gasteiger partial charge in [0.05, 0.1) is 11.6 Å². The van der Waals surface area contributed by atoms with Crippen LogP contribution in [0.15, 0.2) is 24.3 Å². The molecule has 0 aliphatic rings. The Bertz CT molecular complexity index is 293. The standard InChI is InChI=1S/C11H14N2/c1-9(2)13-8-11-5-3-10(7-12)4-6-11/h3-6,9,13H,8H2,1-2H3. The Kier molecular flexibility index (Phi) is 3.48. The van der Waals surface area contributed by atoms with Crippen LogP contribution in [0.5, 0.6) is 0 Å². The molecule has 68 valence electrons. The van der Waals surface area contributed by atoms with Crippen molar-refractivity contribution in [3.63, 3.8) is 0 Å². The fourth-order valence-electron chi connectivity index (χ4n) is 1.02. The van der Waals surface area contributed by atoms with Crippen molar-refractivity contribution in [2.75, 3.05) is 0 Å². The first-order valence-electron chi connectivity index (χ1n) is 4.45. The average molecular weight is 174 g/mol. The van der Waals surface area contributed by atoms with Crippen molar-refractivity contribution in [1.82, 2.24) is 5.32 Å². The van der Waals surface area contributed by atoms with Crippen LogP contribution in [0.3, 0.4) is 0 Å². The van der Waals surface area contributed by atoms with E-state index in [-0.39, 0.29) is 0 Å². The monoisotopic (exact) mass is 174 g/mol. The van der Waals surface area contributed by atoms with Crippen LogP contribution in [-0.4, -0.2) is 6.04 Å². The van der Waals surface area contributed by atoms with Gasteiger partial charge in [0.1, 0.15) is 0 Å². The molecule has 0 saturated carbocycles. The molecule has 2 heteroatoms. The van der Waals surface area contributed by atoms with Crippen molar-refractivity contribution in [2.24, 2.45) is 0 Å². The normalized spacial score (nSPS) is 10.0. The summed E-state index contributed by atoms with van der Waals surface area (Å²) in [7, 11) is 0. The molecule has 0 bridgehead atoms.